The van der Waals surface area contributed by atoms with Crippen molar-refractivity contribution in [2.45, 2.75) is 51.5 Å². The van der Waals surface area contributed by atoms with Crippen molar-refractivity contribution in [1.29, 1.82) is 0 Å². The van der Waals surface area contributed by atoms with Crippen LogP contribution in [0.3, 0.4) is 0 Å². The van der Waals surface area contributed by atoms with Gasteiger partial charge in [-0.15, -0.1) is 0 Å². The number of esters is 1. The van der Waals surface area contributed by atoms with Crippen molar-refractivity contribution in [1.82, 2.24) is 10.2 Å². The van der Waals surface area contributed by atoms with E-state index in [-0.39, 0.29) is 5.97 Å². The molecule has 0 bridgehead atoms. The van der Waals surface area contributed by atoms with Crippen LogP contribution in [0.15, 0.2) is 0 Å². The number of piperidine rings is 1. The molecule has 122 valence electrons. The number of carbonyl (C=O) groups is 1. The van der Waals surface area contributed by atoms with E-state index in [0.717, 1.165) is 44.1 Å². The number of nitrogens with one attached hydrogen (secondary N) is 1. The predicted molar refractivity (Wildman–Crippen MR) is 85.1 cm³/mol. The summed E-state index contributed by atoms with van der Waals surface area (Å²) in [5.74, 6) is 1.93. The number of ether oxygens (including phenoxy) is 1. The molecule has 4 heteroatoms. The molecule has 0 amide bonds. The van der Waals surface area contributed by atoms with Gasteiger partial charge in [0.25, 0.3) is 0 Å². The molecule has 2 rings (SSSR count). The van der Waals surface area contributed by atoms with Crippen LogP contribution in [0.25, 0.3) is 0 Å². The van der Waals surface area contributed by atoms with Gasteiger partial charge in [-0.05, 0) is 57.0 Å². The molecule has 1 heterocycles. The number of hydrogen-bond acceptors (Lipinski definition) is 4. The zero-order valence-corrected chi connectivity index (χ0v) is 14.2. The van der Waals surface area contributed by atoms with Crippen LogP contribution in [0.4, 0.5) is 0 Å². The maximum atomic E-state index is 12.2. The Bertz CT molecular complexity index is 351. The van der Waals surface area contributed by atoms with Gasteiger partial charge in [-0.25, -0.2) is 0 Å². The summed E-state index contributed by atoms with van der Waals surface area (Å²) >= 11 is 0. The minimum Gasteiger partial charge on any atom is -0.468 e. The van der Waals surface area contributed by atoms with Crippen molar-refractivity contribution in [3.05, 3.63) is 0 Å². The molecule has 0 aromatic heterocycles. The normalized spacial score (nSPS) is 37.6. The first-order valence-corrected chi connectivity index (χ1v) is 8.51. The summed E-state index contributed by atoms with van der Waals surface area (Å²) < 4.78 is 5.07. The van der Waals surface area contributed by atoms with E-state index >= 15 is 0 Å². The molecule has 4 nitrogen and oxygen atoms in total. The lowest BCUT2D eigenvalue weighted by Gasteiger charge is -2.37. The Labute approximate surface area is 129 Å². The molecule has 4 unspecified atom stereocenters. The van der Waals surface area contributed by atoms with E-state index in [9.17, 15) is 4.79 Å². The maximum absolute atomic E-state index is 12.2. The number of methoxy groups -OCH3 is 1. The number of likely N-dealkylation sites (tertiary alicyclic amines) is 1. The second-order valence-corrected chi connectivity index (χ2v) is 7.30. The molecule has 1 aliphatic heterocycles. The van der Waals surface area contributed by atoms with Gasteiger partial charge in [0.15, 0.2) is 0 Å². The molecule has 1 aliphatic carbocycles. The van der Waals surface area contributed by atoms with Crippen molar-refractivity contribution in [2.75, 3.05) is 33.8 Å². The van der Waals surface area contributed by atoms with Gasteiger partial charge in [-0.3, -0.25) is 4.79 Å². The Hall–Kier alpha value is -0.610. The number of rotatable bonds is 5. The fourth-order valence-electron chi connectivity index (χ4n) is 4.66. The molecule has 2 fully saturated rings. The fraction of sp³-hybridized carbons (Fsp3) is 0.941. The van der Waals surface area contributed by atoms with Crippen LogP contribution in [0.5, 0.6) is 0 Å². The third-order valence-corrected chi connectivity index (χ3v) is 5.55. The summed E-state index contributed by atoms with van der Waals surface area (Å²) in [7, 11) is 3.41. The number of carbonyl (C=O) groups excluding carboxylic acids is 1. The van der Waals surface area contributed by atoms with E-state index in [4.69, 9.17) is 4.74 Å². The fourth-order valence-corrected chi connectivity index (χ4v) is 4.66. The van der Waals surface area contributed by atoms with Gasteiger partial charge in [-0.1, -0.05) is 20.3 Å². The molecule has 21 heavy (non-hydrogen) atoms. The second-order valence-electron chi connectivity index (χ2n) is 7.30. The van der Waals surface area contributed by atoms with Gasteiger partial charge in [0.05, 0.1) is 7.11 Å². The van der Waals surface area contributed by atoms with E-state index < -0.39 is 5.54 Å². The first-order chi connectivity index (χ1) is 10.0. The van der Waals surface area contributed by atoms with Gasteiger partial charge in [0.1, 0.15) is 5.54 Å². The summed E-state index contributed by atoms with van der Waals surface area (Å²) in [6.07, 6.45) is 5.61. The zero-order valence-electron chi connectivity index (χ0n) is 14.2. The van der Waals surface area contributed by atoms with Crippen molar-refractivity contribution in [3.8, 4) is 0 Å². The average Bonchev–Trinajstić information content (AvgIpc) is 2.87. The highest BCUT2D eigenvalue weighted by Gasteiger charge is 2.48. The number of nitrogens with zero attached hydrogens (tertiary/aromatic N) is 1. The highest BCUT2D eigenvalue weighted by Crippen LogP contribution is 2.39. The Balaban J connectivity index is 1.93. The molecular formula is C17H32N2O2. The van der Waals surface area contributed by atoms with Gasteiger partial charge in [0.2, 0.25) is 0 Å². The van der Waals surface area contributed by atoms with E-state index in [0.29, 0.717) is 5.92 Å². The minimum atomic E-state index is -0.443. The topological polar surface area (TPSA) is 41.6 Å². The Kier molecular flexibility index (Phi) is 5.67. The van der Waals surface area contributed by atoms with Gasteiger partial charge >= 0.3 is 5.97 Å². The third-order valence-electron chi connectivity index (χ3n) is 5.55. The van der Waals surface area contributed by atoms with Gasteiger partial charge in [-0.2, -0.15) is 0 Å². The lowest BCUT2D eigenvalue weighted by Crippen LogP contribution is -2.54. The van der Waals surface area contributed by atoms with Crippen molar-refractivity contribution >= 4 is 5.97 Å². The molecule has 1 saturated carbocycles. The summed E-state index contributed by atoms with van der Waals surface area (Å²) in [6.45, 7) is 8.23. The highest BCUT2D eigenvalue weighted by atomic mass is 16.5. The van der Waals surface area contributed by atoms with Crippen LogP contribution in [0, 0.1) is 17.8 Å². The van der Waals surface area contributed by atoms with E-state index in [1.54, 1.807) is 0 Å². The monoisotopic (exact) mass is 296 g/mol. The van der Waals surface area contributed by atoms with Crippen LogP contribution in [0.2, 0.25) is 0 Å². The van der Waals surface area contributed by atoms with Crippen LogP contribution in [-0.2, 0) is 9.53 Å². The van der Waals surface area contributed by atoms with Crippen molar-refractivity contribution in [2.24, 2.45) is 17.8 Å². The molecule has 2 aliphatic rings. The summed E-state index contributed by atoms with van der Waals surface area (Å²) in [5.41, 5.74) is -0.443. The second kappa shape index (κ2) is 7.10. The SMILES string of the molecule is CNC1(C(=O)OC)CCCC1CCN1CC(C)CC(C)C1. The average molecular weight is 296 g/mol. The first-order valence-electron chi connectivity index (χ1n) is 8.51. The Morgan fingerprint density at radius 3 is 2.57 bits per heavy atom. The Morgan fingerprint density at radius 1 is 1.33 bits per heavy atom. The van der Waals surface area contributed by atoms with Crippen molar-refractivity contribution in [3.63, 3.8) is 0 Å². The lowest BCUT2D eigenvalue weighted by atomic mass is 9.84. The lowest BCUT2D eigenvalue weighted by molar-refractivity contribution is -0.150. The summed E-state index contributed by atoms with van der Waals surface area (Å²) in [6, 6.07) is 0. The van der Waals surface area contributed by atoms with Gasteiger partial charge < -0.3 is 15.0 Å². The standard InChI is InChI=1S/C17H32N2O2/c1-13-10-14(2)12-19(11-13)9-7-15-6-5-8-17(15,18-3)16(20)21-4/h13-15,18H,5-12H2,1-4H3. The molecule has 1 N–H and O–H groups in total. The molecule has 0 aromatic rings. The predicted octanol–water partition coefficient (Wildman–Crippen LogP) is 2.29. The van der Waals surface area contributed by atoms with Crippen LogP contribution in [0.1, 0.15) is 46.0 Å². The number of likely N-dealkylation sites (N-methyl/N-ethyl adjacent to an activating group) is 1. The maximum Gasteiger partial charge on any atom is 0.326 e. The van der Waals surface area contributed by atoms with Crippen LogP contribution >= 0.6 is 0 Å². The Morgan fingerprint density at radius 2 is 2.00 bits per heavy atom. The molecule has 0 radical (unpaired) electrons. The molecule has 1 saturated heterocycles. The summed E-state index contributed by atoms with van der Waals surface area (Å²) in [4.78, 5) is 14.8. The summed E-state index contributed by atoms with van der Waals surface area (Å²) in [5, 5.41) is 3.29. The smallest absolute Gasteiger partial charge is 0.326 e. The third kappa shape index (κ3) is 3.59. The van der Waals surface area contributed by atoms with Crippen LogP contribution in [-0.4, -0.2) is 50.2 Å². The molecule has 0 aromatic carbocycles. The largest absolute Gasteiger partial charge is 0.468 e. The van der Waals surface area contributed by atoms with E-state index in [1.807, 2.05) is 7.05 Å². The molecule has 0 spiro atoms. The zero-order chi connectivity index (χ0) is 15.5. The van der Waals surface area contributed by atoms with Crippen LogP contribution < -0.4 is 5.32 Å². The van der Waals surface area contributed by atoms with Gasteiger partial charge in [0, 0.05) is 13.1 Å². The van der Waals surface area contributed by atoms with E-state index in [1.165, 1.54) is 26.6 Å². The minimum absolute atomic E-state index is 0.0760. The van der Waals surface area contributed by atoms with E-state index in [2.05, 4.69) is 24.1 Å². The first kappa shape index (κ1) is 16.8. The molecular weight excluding hydrogens is 264 g/mol. The molecule has 4 atom stereocenters. The quantitative estimate of drug-likeness (QED) is 0.790. The highest BCUT2D eigenvalue weighted by molar-refractivity contribution is 5.81. The van der Waals surface area contributed by atoms with Crippen molar-refractivity contribution < 1.29 is 9.53 Å². The number of hydrogen-bond donors (Lipinski definition) is 1.